The first-order valence-corrected chi connectivity index (χ1v) is 8.02. The molecule has 1 saturated heterocycles. The maximum Gasteiger partial charge on any atom is 0.0931 e. The molecule has 0 radical (unpaired) electrons. The third-order valence-electron chi connectivity index (χ3n) is 3.83. The molecule has 1 fully saturated rings. The third-order valence-corrected chi connectivity index (χ3v) is 5.13. The Bertz CT molecular complexity index is 378. The van der Waals surface area contributed by atoms with Gasteiger partial charge >= 0.3 is 0 Å². The minimum atomic E-state index is 0.146. The number of nitrogens with two attached hydrogens (primary N) is 1. The fraction of sp³-hybridized carbons (Fsp3) is 0.714. The molecule has 18 heavy (non-hydrogen) atoms. The summed E-state index contributed by atoms with van der Waals surface area (Å²) < 4.78 is 0.860. The van der Waals surface area contributed by atoms with Crippen LogP contribution in [0.5, 0.6) is 0 Å². The molecule has 102 valence electrons. The van der Waals surface area contributed by atoms with Crippen LogP contribution in [0.3, 0.4) is 0 Å². The summed E-state index contributed by atoms with van der Waals surface area (Å²) in [4.78, 5) is 3.86. The van der Waals surface area contributed by atoms with Crippen molar-refractivity contribution in [3.8, 4) is 0 Å². The second-order valence-electron chi connectivity index (χ2n) is 5.52. The van der Waals surface area contributed by atoms with Gasteiger partial charge in [-0.2, -0.15) is 0 Å². The lowest BCUT2D eigenvalue weighted by Gasteiger charge is -2.32. The fourth-order valence-electron chi connectivity index (χ4n) is 2.82. The van der Waals surface area contributed by atoms with Crippen LogP contribution in [0, 0.1) is 5.92 Å². The van der Waals surface area contributed by atoms with E-state index in [0.717, 1.165) is 23.3 Å². The zero-order valence-electron chi connectivity index (χ0n) is 11.2. The molecule has 3 unspecified atom stereocenters. The highest BCUT2D eigenvalue weighted by Crippen LogP contribution is 2.34. The minimum Gasteiger partial charge on any atom is -0.326 e. The smallest absolute Gasteiger partial charge is 0.0931 e. The van der Waals surface area contributed by atoms with Crippen molar-refractivity contribution in [2.75, 3.05) is 13.1 Å². The minimum absolute atomic E-state index is 0.146. The number of rotatable bonds is 3. The number of nitrogens with zero attached hydrogens (tertiary/aromatic N) is 1. The maximum absolute atomic E-state index is 6.22. The second-order valence-corrected chi connectivity index (χ2v) is 7.26. The average molecular weight is 287 g/mol. The van der Waals surface area contributed by atoms with Gasteiger partial charge in [-0.1, -0.05) is 18.5 Å². The van der Waals surface area contributed by atoms with E-state index in [1.165, 1.54) is 24.1 Å². The van der Waals surface area contributed by atoms with Crippen molar-refractivity contribution in [3.63, 3.8) is 0 Å². The van der Waals surface area contributed by atoms with Gasteiger partial charge in [-0.25, -0.2) is 0 Å². The topological polar surface area (TPSA) is 29.3 Å². The van der Waals surface area contributed by atoms with Crippen LogP contribution >= 0.6 is 22.9 Å². The number of halogens is 1. The average Bonchev–Trinajstić information content (AvgIpc) is 2.60. The first-order valence-electron chi connectivity index (χ1n) is 6.83. The lowest BCUT2D eigenvalue weighted by Crippen LogP contribution is -2.39. The molecule has 1 aliphatic heterocycles. The SMILES string of the molecule is CC1CCCN(C(c2ccc(Cl)s2)C(C)N)CC1. The van der Waals surface area contributed by atoms with Crippen molar-refractivity contribution in [3.05, 3.63) is 21.3 Å². The molecule has 0 spiro atoms. The van der Waals surface area contributed by atoms with E-state index in [9.17, 15) is 0 Å². The van der Waals surface area contributed by atoms with Crippen LogP contribution in [0.25, 0.3) is 0 Å². The molecule has 1 aromatic heterocycles. The monoisotopic (exact) mass is 286 g/mol. The largest absolute Gasteiger partial charge is 0.326 e. The Morgan fingerprint density at radius 3 is 2.78 bits per heavy atom. The number of thiophene rings is 1. The van der Waals surface area contributed by atoms with Crippen LogP contribution in [0.4, 0.5) is 0 Å². The van der Waals surface area contributed by atoms with Gasteiger partial charge in [0.25, 0.3) is 0 Å². The van der Waals surface area contributed by atoms with Crippen LogP contribution in [0.15, 0.2) is 12.1 Å². The summed E-state index contributed by atoms with van der Waals surface area (Å²) >= 11 is 7.73. The van der Waals surface area contributed by atoms with Gasteiger partial charge < -0.3 is 5.73 Å². The Kier molecular flexibility index (Phi) is 5.07. The molecule has 3 atom stereocenters. The lowest BCUT2D eigenvalue weighted by molar-refractivity contribution is 0.184. The maximum atomic E-state index is 6.22. The summed E-state index contributed by atoms with van der Waals surface area (Å²) in [6, 6.07) is 4.59. The Morgan fingerprint density at radius 2 is 2.17 bits per heavy atom. The molecule has 0 aromatic carbocycles. The predicted octanol–water partition coefficient (Wildman–Crippen LogP) is 3.91. The van der Waals surface area contributed by atoms with E-state index in [2.05, 4.69) is 24.8 Å². The van der Waals surface area contributed by atoms with Gasteiger partial charge in [-0.15, -0.1) is 11.3 Å². The summed E-state index contributed by atoms with van der Waals surface area (Å²) in [5.41, 5.74) is 6.22. The van der Waals surface area contributed by atoms with Gasteiger partial charge in [0, 0.05) is 10.9 Å². The molecule has 0 saturated carbocycles. The van der Waals surface area contributed by atoms with Crippen LogP contribution < -0.4 is 5.73 Å². The molecule has 0 amide bonds. The Labute approximate surface area is 119 Å². The first kappa shape index (κ1) is 14.3. The number of hydrogen-bond acceptors (Lipinski definition) is 3. The molecular formula is C14H23ClN2S. The van der Waals surface area contributed by atoms with E-state index in [4.69, 9.17) is 17.3 Å². The van der Waals surface area contributed by atoms with E-state index in [1.54, 1.807) is 11.3 Å². The Balaban J connectivity index is 2.14. The second kappa shape index (κ2) is 6.38. The highest BCUT2D eigenvalue weighted by atomic mass is 35.5. The van der Waals surface area contributed by atoms with Gasteiger partial charge in [0.1, 0.15) is 0 Å². The number of likely N-dealkylation sites (tertiary alicyclic amines) is 1. The van der Waals surface area contributed by atoms with Gasteiger partial charge in [0.05, 0.1) is 10.4 Å². The van der Waals surface area contributed by atoms with Crippen LogP contribution in [0.1, 0.15) is 44.0 Å². The standard InChI is InChI=1S/C14H23ClN2S/c1-10-4-3-8-17(9-7-10)14(11(2)16)12-5-6-13(15)18-12/h5-6,10-11,14H,3-4,7-9,16H2,1-2H3. The normalized spacial score (nSPS) is 25.7. The summed E-state index contributed by atoms with van der Waals surface area (Å²) in [5.74, 6) is 0.843. The van der Waals surface area contributed by atoms with E-state index in [1.807, 2.05) is 6.07 Å². The molecule has 0 aliphatic carbocycles. The van der Waals surface area contributed by atoms with Crippen molar-refractivity contribution < 1.29 is 0 Å². The molecule has 2 nitrogen and oxygen atoms in total. The zero-order valence-corrected chi connectivity index (χ0v) is 12.8. The highest BCUT2D eigenvalue weighted by molar-refractivity contribution is 7.16. The van der Waals surface area contributed by atoms with Crippen molar-refractivity contribution >= 4 is 22.9 Å². The molecular weight excluding hydrogens is 264 g/mol. The molecule has 2 heterocycles. The van der Waals surface area contributed by atoms with Crippen molar-refractivity contribution in [2.45, 2.75) is 45.2 Å². The van der Waals surface area contributed by atoms with Crippen molar-refractivity contribution in [2.24, 2.45) is 11.7 Å². The van der Waals surface area contributed by atoms with Gasteiger partial charge in [0.15, 0.2) is 0 Å². The number of hydrogen-bond donors (Lipinski definition) is 1. The van der Waals surface area contributed by atoms with E-state index in [-0.39, 0.29) is 6.04 Å². The molecule has 2 rings (SSSR count). The van der Waals surface area contributed by atoms with Gasteiger partial charge in [0.2, 0.25) is 0 Å². The molecule has 1 aliphatic rings. The molecule has 4 heteroatoms. The van der Waals surface area contributed by atoms with Crippen LogP contribution in [0.2, 0.25) is 4.34 Å². The lowest BCUT2D eigenvalue weighted by atomic mass is 10.0. The van der Waals surface area contributed by atoms with Crippen molar-refractivity contribution in [1.82, 2.24) is 4.90 Å². The molecule has 2 N–H and O–H groups in total. The van der Waals surface area contributed by atoms with E-state index in [0.29, 0.717) is 6.04 Å². The first-order chi connectivity index (χ1) is 8.58. The molecule has 0 bridgehead atoms. The summed E-state index contributed by atoms with van der Waals surface area (Å²) in [6.07, 6.45) is 3.90. The zero-order chi connectivity index (χ0) is 13.1. The highest BCUT2D eigenvalue weighted by Gasteiger charge is 2.27. The fourth-order valence-corrected chi connectivity index (χ4v) is 4.13. The van der Waals surface area contributed by atoms with E-state index < -0.39 is 0 Å². The summed E-state index contributed by atoms with van der Waals surface area (Å²) in [7, 11) is 0. The predicted molar refractivity (Wildman–Crippen MR) is 80.3 cm³/mol. The Hall–Kier alpha value is -0.0900. The Morgan fingerprint density at radius 1 is 1.39 bits per heavy atom. The van der Waals surface area contributed by atoms with Crippen molar-refractivity contribution in [1.29, 1.82) is 0 Å². The quantitative estimate of drug-likeness (QED) is 0.913. The summed E-state index contributed by atoms with van der Waals surface area (Å²) in [5, 5.41) is 0. The van der Waals surface area contributed by atoms with Crippen LogP contribution in [-0.4, -0.2) is 24.0 Å². The van der Waals surface area contributed by atoms with Gasteiger partial charge in [-0.05, 0) is 57.3 Å². The van der Waals surface area contributed by atoms with Crippen LogP contribution in [-0.2, 0) is 0 Å². The van der Waals surface area contributed by atoms with E-state index >= 15 is 0 Å². The summed E-state index contributed by atoms with van der Waals surface area (Å²) in [6.45, 7) is 6.77. The van der Waals surface area contributed by atoms with Gasteiger partial charge in [-0.3, -0.25) is 4.90 Å². The molecule has 1 aromatic rings. The third kappa shape index (κ3) is 3.47.